The average Bonchev–Trinajstić information content (AvgIpc) is 3.08. The predicted molar refractivity (Wildman–Crippen MR) is 94.0 cm³/mol. The zero-order valence-corrected chi connectivity index (χ0v) is 13.7. The summed E-state index contributed by atoms with van der Waals surface area (Å²) in [5.74, 6) is 0.510. The molecule has 130 valence electrons. The molecule has 2 bridgehead atoms. The molecule has 0 saturated carbocycles. The van der Waals surface area contributed by atoms with E-state index in [-0.39, 0.29) is 18.4 Å². The first kappa shape index (κ1) is 16.7. The van der Waals surface area contributed by atoms with Crippen LogP contribution < -0.4 is 16.4 Å². The van der Waals surface area contributed by atoms with E-state index >= 15 is 0 Å². The normalized spacial score (nSPS) is 18.2. The Balaban J connectivity index is 2.03. The smallest absolute Gasteiger partial charge is 0.411 e. The van der Waals surface area contributed by atoms with Crippen molar-refractivity contribution in [1.29, 1.82) is 0 Å². The summed E-state index contributed by atoms with van der Waals surface area (Å²) in [6, 6.07) is 4.90. The molecule has 2 aromatic rings. The lowest BCUT2D eigenvalue weighted by Gasteiger charge is -2.13. The van der Waals surface area contributed by atoms with Crippen LogP contribution in [0, 0.1) is 0 Å². The summed E-state index contributed by atoms with van der Waals surface area (Å²) >= 11 is 0. The number of hydrogen-bond acceptors (Lipinski definition) is 5. The molecule has 1 aliphatic heterocycles. The molecule has 5 N–H and O–H groups in total. The maximum Gasteiger partial charge on any atom is 0.411 e. The molecule has 2 amide bonds. The number of nitrogens with two attached hydrogens (primary N) is 1. The first-order valence-corrected chi connectivity index (χ1v) is 7.81. The maximum atomic E-state index is 12.2. The molecule has 1 atom stereocenters. The molecule has 0 unspecified atom stereocenters. The van der Waals surface area contributed by atoms with Crippen LogP contribution in [0.4, 0.5) is 16.2 Å². The minimum absolute atomic E-state index is 0.165. The summed E-state index contributed by atoms with van der Waals surface area (Å²) in [5, 5.41) is 5.44. The van der Waals surface area contributed by atoms with E-state index in [1.54, 1.807) is 30.5 Å². The second-order valence-electron chi connectivity index (χ2n) is 5.62. The van der Waals surface area contributed by atoms with Gasteiger partial charge in [0.15, 0.2) is 0 Å². The second kappa shape index (κ2) is 7.18. The standard InChI is InChI=1S/C17H19N5O3/c1-25-17(24)20-10-6-7-11-13(8-10)21-15(23)5-3-2-4-12(18)16-19-9-14(11)22-16/h2-3,6-9,12H,4-5,18H2,1H3,(H,19,22)(H,20,24)(H,21,23)/b3-2-/t12-/m0/s1. The number of anilines is 2. The van der Waals surface area contributed by atoms with Gasteiger partial charge in [-0.2, -0.15) is 0 Å². The molecule has 8 heteroatoms. The van der Waals surface area contributed by atoms with Crippen molar-refractivity contribution < 1.29 is 14.3 Å². The van der Waals surface area contributed by atoms with Gasteiger partial charge in [-0.05, 0) is 24.6 Å². The van der Waals surface area contributed by atoms with E-state index in [1.165, 1.54) is 7.11 Å². The summed E-state index contributed by atoms with van der Waals surface area (Å²) in [4.78, 5) is 31.1. The van der Waals surface area contributed by atoms with Gasteiger partial charge in [0.25, 0.3) is 0 Å². The van der Waals surface area contributed by atoms with Crippen molar-refractivity contribution in [3.05, 3.63) is 42.4 Å². The van der Waals surface area contributed by atoms with Crippen molar-refractivity contribution in [2.75, 3.05) is 17.7 Å². The van der Waals surface area contributed by atoms with Crippen LogP contribution in [-0.2, 0) is 9.53 Å². The number of ether oxygens (including phenoxy) is 1. The number of benzene rings is 1. The number of nitrogens with one attached hydrogen (secondary N) is 3. The number of amides is 2. The Hall–Kier alpha value is -3.13. The van der Waals surface area contributed by atoms with Gasteiger partial charge in [0, 0.05) is 17.7 Å². The Labute approximate surface area is 144 Å². The SMILES string of the molecule is COC(=O)Nc1ccc2c(c1)NC(=O)C/C=C\C[C@H](N)c1ncc-2[nH]1. The minimum atomic E-state index is -0.586. The molecule has 8 nitrogen and oxygen atoms in total. The highest BCUT2D eigenvalue weighted by molar-refractivity contribution is 5.97. The van der Waals surface area contributed by atoms with E-state index < -0.39 is 6.09 Å². The highest BCUT2D eigenvalue weighted by Crippen LogP contribution is 2.31. The molecule has 25 heavy (non-hydrogen) atoms. The van der Waals surface area contributed by atoms with E-state index in [1.807, 2.05) is 6.08 Å². The van der Waals surface area contributed by atoms with Crippen LogP contribution in [-0.4, -0.2) is 29.1 Å². The highest BCUT2D eigenvalue weighted by Gasteiger charge is 2.15. The Morgan fingerprint density at radius 1 is 1.40 bits per heavy atom. The van der Waals surface area contributed by atoms with E-state index in [2.05, 4.69) is 25.3 Å². The monoisotopic (exact) mass is 341 g/mol. The number of nitrogens with zero attached hydrogens (tertiary/aromatic N) is 1. The van der Waals surface area contributed by atoms with Crippen LogP contribution in [0.1, 0.15) is 24.7 Å². The lowest BCUT2D eigenvalue weighted by atomic mass is 10.1. The first-order valence-electron chi connectivity index (χ1n) is 7.81. The zero-order valence-electron chi connectivity index (χ0n) is 13.7. The zero-order chi connectivity index (χ0) is 17.8. The Bertz CT molecular complexity index is 827. The molecule has 0 spiro atoms. The van der Waals surface area contributed by atoms with Gasteiger partial charge in [0.2, 0.25) is 5.91 Å². The van der Waals surface area contributed by atoms with Crippen molar-refractivity contribution in [1.82, 2.24) is 9.97 Å². The first-order chi connectivity index (χ1) is 12.1. The molecule has 0 saturated heterocycles. The number of aromatic nitrogens is 2. The van der Waals surface area contributed by atoms with E-state index in [9.17, 15) is 9.59 Å². The minimum Gasteiger partial charge on any atom is -0.453 e. The number of methoxy groups -OCH3 is 1. The van der Waals surface area contributed by atoms with Crippen LogP contribution in [0.25, 0.3) is 11.3 Å². The summed E-state index contributed by atoms with van der Waals surface area (Å²) in [6.45, 7) is 0. The fourth-order valence-corrected chi connectivity index (χ4v) is 2.54. The average molecular weight is 341 g/mol. The van der Waals surface area contributed by atoms with Crippen molar-refractivity contribution in [3.8, 4) is 11.3 Å². The predicted octanol–water partition coefficient (Wildman–Crippen LogP) is 2.54. The molecule has 3 rings (SSSR count). The third-order valence-corrected chi connectivity index (χ3v) is 3.82. The number of carbonyl (C=O) groups excluding carboxylic acids is 2. The van der Waals surface area contributed by atoms with Gasteiger partial charge in [-0.3, -0.25) is 10.1 Å². The summed E-state index contributed by atoms with van der Waals surface area (Å²) in [7, 11) is 1.28. The van der Waals surface area contributed by atoms with Gasteiger partial charge < -0.3 is 20.8 Å². The number of imidazole rings is 1. The second-order valence-corrected chi connectivity index (χ2v) is 5.62. The summed E-state index contributed by atoms with van der Waals surface area (Å²) < 4.78 is 4.59. The molecular weight excluding hydrogens is 322 g/mol. The van der Waals surface area contributed by atoms with Crippen molar-refractivity contribution in [2.45, 2.75) is 18.9 Å². The highest BCUT2D eigenvalue weighted by atomic mass is 16.5. The third-order valence-electron chi connectivity index (χ3n) is 3.82. The van der Waals surface area contributed by atoms with Crippen molar-refractivity contribution in [2.24, 2.45) is 5.73 Å². The topological polar surface area (TPSA) is 122 Å². The number of hydrogen-bond donors (Lipinski definition) is 4. The molecule has 1 aromatic carbocycles. The fraction of sp³-hybridized carbons (Fsp3) is 0.235. The third kappa shape index (κ3) is 3.86. The van der Waals surface area contributed by atoms with Gasteiger partial charge in [-0.15, -0.1) is 0 Å². The number of carbonyl (C=O) groups is 2. The molecule has 1 aliphatic rings. The summed E-state index contributed by atoms with van der Waals surface area (Å²) in [6.07, 6.45) is 5.56. The molecule has 0 fully saturated rings. The van der Waals surface area contributed by atoms with Gasteiger partial charge in [0.1, 0.15) is 5.82 Å². The fourth-order valence-electron chi connectivity index (χ4n) is 2.54. The molecular formula is C17H19N5O3. The maximum absolute atomic E-state index is 12.2. The number of H-pyrrole nitrogens is 1. The van der Waals surface area contributed by atoms with Crippen LogP contribution >= 0.6 is 0 Å². The number of aromatic amines is 1. The quantitative estimate of drug-likeness (QED) is 0.594. The van der Waals surface area contributed by atoms with Crippen LogP contribution in [0.3, 0.4) is 0 Å². The van der Waals surface area contributed by atoms with Crippen molar-refractivity contribution >= 4 is 23.4 Å². The van der Waals surface area contributed by atoms with E-state index in [0.717, 1.165) is 11.3 Å². The van der Waals surface area contributed by atoms with Crippen LogP contribution in [0.15, 0.2) is 36.5 Å². The Morgan fingerprint density at radius 3 is 3.04 bits per heavy atom. The van der Waals surface area contributed by atoms with Crippen LogP contribution in [0.2, 0.25) is 0 Å². The lowest BCUT2D eigenvalue weighted by Crippen LogP contribution is -2.14. The van der Waals surface area contributed by atoms with Gasteiger partial charge in [-0.25, -0.2) is 9.78 Å². The van der Waals surface area contributed by atoms with Crippen molar-refractivity contribution in [3.63, 3.8) is 0 Å². The summed E-state index contributed by atoms with van der Waals surface area (Å²) in [5.41, 5.74) is 8.64. The molecule has 2 heterocycles. The largest absolute Gasteiger partial charge is 0.453 e. The van der Waals surface area contributed by atoms with E-state index in [0.29, 0.717) is 23.6 Å². The lowest BCUT2D eigenvalue weighted by molar-refractivity contribution is -0.115. The molecule has 0 radical (unpaired) electrons. The molecule has 1 aromatic heterocycles. The van der Waals surface area contributed by atoms with Crippen LogP contribution in [0.5, 0.6) is 0 Å². The number of fused-ring (bicyclic) bond motifs is 4. The Kier molecular flexibility index (Phi) is 4.80. The van der Waals surface area contributed by atoms with Gasteiger partial charge in [0.05, 0.1) is 30.7 Å². The Morgan fingerprint density at radius 2 is 2.24 bits per heavy atom. The van der Waals surface area contributed by atoms with E-state index in [4.69, 9.17) is 5.73 Å². The number of rotatable bonds is 1. The van der Waals surface area contributed by atoms with Gasteiger partial charge >= 0.3 is 6.09 Å². The molecule has 0 aliphatic carbocycles. The van der Waals surface area contributed by atoms with Gasteiger partial charge in [-0.1, -0.05) is 12.2 Å².